The van der Waals surface area contributed by atoms with Crippen LogP contribution in [0.3, 0.4) is 0 Å². The van der Waals surface area contributed by atoms with E-state index >= 15 is 0 Å². The zero-order valence-electron chi connectivity index (χ0n) is 5.05. The summed E-state index contributed by atoms with van der Waals surface area (Å²) in [6, 6.07) is 0. The first kappa shape index (κ1) is 6.61. The van der Waals surface area contributed by atoms with Gasteiger partial charge in [-0.15, -0.1) is 0 Å². The van der Waals surface area contributed by atoms with Crippen molar-refractivity contribution in [2.45, 2.75) is 6.92 Å². The lowest BCUT2D eigenvalue weighted by atomic mass is 10.6. The summed E-state index contributed by atoms with van der Waals surface area (Å²) in [6.45, 7) is 1.85. The van der Waals surface area contributed by atoms with E-state index in [1.165, 1.54) is 0 Å². The predicted molar refractivity (Wildman–Crippen MR) is 32.2 cm³/mol. The molecule has 0 unspecified atom stereocenters. The molecule has 51 valence electrons. The van der Waals surface area contributed by atoms with Gasteiger partial charge in [-0.05, 0) is 6.92 Å². The van der Waals surface area contributed by atoms with Crippen LogP contribution in [-0.4, -0.2) is 20.8 Å². The third-order valence-corrected chi connectivity index (χ3v) is 2.27. The molecular formula is C5H7O3S. The summed E-state index contributed by atoms with van der Waals surface area (Å²) in [6.07, 6.45) is 0. The molecule has 0 aromatic carbocycles. The van der Waals surface area contributed by atoms with Crippen LogP contribution in [0.1, 0.15) is 6.92 Å². The fourth-order valence-corrected chi connectivity index (χ4v) is 1.51. The summed E-state index contributed by atoms with van der Waals surface area (Å²) in [5.41, 5.74) is 0. The lowest BCUT2D eigenvalue weighted by Crippen LogP contribution is -2.15. The van der Waals surface area contributed by atoms with E-state index in [1.807, 2.05) is 0 Å². The number of hydrogen-bond acceptors (Lipinski definition) is 3. The second kappa shape index (κ2) is 2.02. The Morgan fingerprint density at radius 2 is 2.33 bits per heavy atom. The van der Waals surface area contributed by atoms with Gasteiger partial charge in [-0.25, -0.2) is 8.42 Å². The highest BCUT2D eigenvalue weighted by Gasteiger charge is 2.14. The van der Waals surface area contributed by atoms with Crippen LogP contribution in [0.5, 0.6) is 0 Å². The largest absolute Gasteiger partial charge is 0.496 e. The van der Waals surface area contributed by atoms with Crippen molar-refractivity contribution in [2.75, 3.05) is 12.4 Å². The first-order chi connectivity index (χ1) is 4.10. The summed E-state index contributed by atoms with van der Waals surface area (Å²) < 4.78 is 26.1. The van der Waals surface area contributed by atoms with Crippen molar-refractivity contribution in [2.24, 2.45) is 0 Å². The second-order valence-electron chi connectivity index (χ2n) is 1.83. The van der Waals surface area contributed by atoms with Gasteiger partial charge in [0, 0.05) is 0 Å². The molecule has 0 aromatic heterocycles. The van der Waals surface area contributed by atoms with Gasteiger partial charge in [-0.1, -0.05) is 0 Å². The molecule has 3 nitrogen and oxygen atoms in total. The van der Waals surface area contributed by atoms with Crippen molar-refractivity contribution >= 4 is 9.84 Å². The Labute approximate surface area is 54.2 Å². The molecule has 0 N–H and O–H groups in total. The molecule has 9 heavy (non-hydrogen) atoms. The average Bonchev–Trinajstić information content (AvgIpc) is 1.60. The highest BCUT2D eigenvalue weighted by Crippen LogP contribution is 2.06. The van der Waals surface area contributed by atoms with Gasteiger partial charge in [0.05, 0.1) is 5.75 Å². The highest BCUT2D eigenvalue weighted by atomic mass is 32.2. The molecule has 0 saturated heterocycles. The fourth-order valence-electron chi connectivity index (χ4n) is 0.604. The van der Waals surface area contributed by atoms with Crippen LogP contribution in [0.4, 0.5) is 0 Å². The first-order valence-electron chi connectivity index (χ1n) is 2.57. The summed E-state index contributed by atoms with van der Waals surface area (Å²) >= 11 is 0. The maximum atomic E-state index is 10.6. The second-order valence-corrected chi connectivity index (χ2v) is 3.67. The molecule has 0 spiro atoms. The standard InChI is InChI=1S/C5H7O3S/c1-5-4-9(6,7)3-2-8-5/h2-3H2,1H3. The molecule has 1 aliphatic heterocycles. The van der Waals surface area contributed by atoms with E-state index in [0.717, 1.165) is 0 Å². The number of sulfone groups is 1. The quantitative estimate of drug-likeness (QED) is 0.488. The van der Waals surface area contributed by atoms with E-state index in [9.17, 15) is 8.42 Å². The summed E-state index contributed by atoms with van der Waals surface area (Å²) in [4.78, 5) is 0. The van der Waals surface area contributed by atoms with Gasteiger partial charge >= 0.3 is 0 Å². The third-order valence-electron chi connectivity index (χ3n) is 0.970. The van der Waals surface area contributed by atoms with Crippen LogP contribution in [0, 0.1) is 5.41 Å². The highest BCUT2D eigenvalue weighted by molar-refractivity contribution is 7.93. The van der Waals surface area contributed by atoms with Crippen LogP contribution in [-0.2, 0) is 14.6 Å². The Morgan fingerprint density at radius 1 is 1.67 bits per heavy atom. The summed E-state index contributed by atoms with van der Waals surface area (Å²) in [7, 11) is -3.04. The molecule has 0 bridgehead atoms. The van der Waals surface area contributed by atoms with E-state index in [2.05, 4.69) is 5.41 Å². The lowest BCUT2D eigenvalue weighted by Gasteiger charge is -2.09. The summed E-state index contributed by atoms with van der Waals surface area (Å²) in [5.74, 6) is 0.422. The summed E-state index contributed by atoms with van der Waals surface area (Å²) in [5, 5.41) is 2.22. The molecule has 0 aliphatic carbocycles. The molecule has 0 amide bonds. The zero-order chi connectivity index (χ0) is 6.91. The van der Waals surface area contributed by atoms with Crippen molar-refractivity contribution in [1.29, 1.82) is 0 Å². The molecule has 1 rings (SSSR count). The fraction of sp³-hybridized carbons (Fsp3) is 0.600. The Morgan fingerprint density at radius 3 is 2.67 bits per heavy atom. The first-order valence-corrected chi connectivity index (χ1v) is 4.22. The minimum absolute atomic E-state index is 0.0599. The molecule has 0 saturated carbocycles. The van der Waals surface area contributed by atoms with Gasteiger partial charge in [0.2, 0.25) is 0 Å². The number of rotatable bonds is 0. The smallest absolute Gasteiger partial charge is 0.186 e. The van der Waals surface area contributed by atoms with E-state index in [-0.39, 0.29) is 12.4 Å². The van der Waals surface area contributed by atoms with Crippen LogP contribution in [0.15, 0.2) is 5.76 Å². The molecule has 4 heteroatoms. The van der Waals surface area contributed by atoms with Gasteiger partial charge in [-0.3, -0.25) is 0 Å². The minimum atomic E-state index is -3.04. The van der Waals surface area contributed by atoms with Gasteiger partial charge in [0.15, 0.2) is 9.84 Å². The van der Waals surface area contributed by atoms with Crippen molar-refractivity contribution < 1.29 is 13.2 Å². The van der Waals surface area contributed by atoms with Gasteiger partial charge in [0.25, 0.3) is 0 Å². The molecule has 0 aromatic rings. The van der Waals surface area contributed by atoms with Crippen molar-refractivity contribution in [3.63, 3.8) is 0 Å². The van der Waals surface area contributed by atoms with Gasteiger partial charge < -0.3 is 4.74 Å². The maximum Gasteiger partial charge on any atom is 0.186 e. The zero-order valence-corrected chi connectivity index (χ0v) is 5.86. The van der Waals surface area contributed by atoms with Crippen LogP contribution >= 0.6 is 0 Å². The normalized spacial score (nSPS) is 24.3. The molecule has 1 aliphatic rings. The molecular weight excluding hydrogens is 140 g/mol. The molecule has 1 heterocycles. The topological polar surface area (TPSA) is 43.4 Å². The van der Waals surface area contributed by atoms with E-state index in [0.29, 0.717) is 5.76 Å². The van der Waals surface area contributed by atoms with E-state index < -0.39 is 9.84 Å². The number of ether oxygens (including phenoxy) is 1. The van der Waals surface area contributed by atoms with Gasteiger partial charge in [-0.2, -0.15) is 0 Å². The monoisotopic (exact) mass is 147 g/mol. The van der Waals surface area contributed by atoms with Crippen molar-refractivity contribution in [3.8, 4) is 0 Å². The Kier molecular flexibility index (Phi) is 1.48. The van der Waals surface area contributed by atoms with E-state index in [1.54, 1.807) is 6.92 Å². The third kappa shape index (κ3) is 1.71. The molecule has 0 atom stereocenters. The Bertz CT molecular complexity index is 225. The van der Waals surface area contributed by atoms with Crippen molar-refractivity contribution in [3.05, 3.63) is 11.2 Å². The number of hydrogen-bond donors (Lipinski definition) is 0. The van der Waals surface area contributed by atoms with E-state index in [4.69, 9.17) is 4.74 Å². The van der Waals surface area contributed by atoms with Gasteiger partial charge in [0.1, 0.15) is 17.8 Å². The SMILES string of the molecule is CC1=[C]S(=O)(=O)CCO1. The van der Waals surface area contributed by atoms with Crippen LogP contribution in [0.2, 0.25) is 0 Å². The Hall–Kier alpha value is -0.510. The minimum Gasteiger partial charge on any atom is -0.496 e. The predicted octanol–water partition coefficient (Wildman–Crippen LogP) is 0.0959. The van der Waals surface area contributed by atoms with Crippen LogP contribution < -0.4 is 0 Å². The van der Waals surface area contributed by atoms with Crippen LogP contribution in [0.25, 0.3) is 0 Å². The Balaban J connectivity index is 2.95. The maximum absolute atomic E-state index is 10.6. The molecule has 0 fully saturated rings. The van der Waals surface area contributed by atoms with Crippen molar-refractivity contribution in [1.82, 2.24) is 0 Å². The lowest BCUT2D eigenvalue weighted by molar-refractivity contribution is 0.227. The molecule has 1 radical (unpaired) electrons. The number of allylic oxidation sites excluding steroid dienone is 1. The average molecular weight is 147 g/mol.